The molecule has 2 rings (SSSR count). The van der Waals surface area contributed by atoms with Crippen molar-refractivity contribution in [2.45, 2.75) is 44.8 Å². The monoisotopic (exact) mass is 183 g/mol. The maximum atomic E-state index is 6.18. The number of hydroxylamine groups is 1. The Balaban J connectivity index is 1.96. The van der Waals surface area contributed by atoms with Crippen LogP contribution in [0.3, 0.4) is 0 Å². The average molecular weight is 183 g/mol. The molecule has 0 saturated heterocycles. The number of rotatable bonds is 3. The van der Waals surface area contributed by atoms with Gasteiger partial charge in [-0.25, -0.2) is 4.99 Å². The highest BCUT2D eigenvalue weighted by atomic mass is 16.7. The summed E-state index contributed by atoms with van der Waals surface area (Å²) in [5, 5.41) is 0. The quantitative estimate of drug-likeness (QED) is 0.680. The van der Waals surface area contributed by atoms with Gasteiger partial charge in [0.15, 0.2) is 6.17 Å². The van der Waals surface area contributed by atoms with Crippen molar-refractivity contribution in [2.24, 2.45) is 16.6 Å². The lowest BCUT2D eigenvalue weighted by atomic mass is 9.93. The fraction of sp³-hybridized carbons (Fsp3) is 0.889. The van der Waals surface area contributed by atoms with Gasteiger partial charge in [-0.05, 0) is 19.3 Å². The zero-order valence-corrected chi connectivity index (χ0v) is 8.21. The molecule has 1 aliphatic carbocycles. The second-order valence-corrected chi connectivity index (χ2v) is 4.42. The number of hydrogen-bond acceptors (Lipinski definition) is 4. The summed E-state index contributed by atoms with van der Waals surface area (Å²) >= 11 is 0. The fourth-order valence-corrected chi connectivity index (χ4v) is 1.71. The van der Waals surface area contributed by atoms with Gasteiger partial charge >= 0.3 is 0 Å². The first kappa shape index (κ1) is 8.97. The number of nitrogens with one attached hydrogen (secondary N) is 1. The maximum absolute atomic E-state index is 6.18. The first-order chi connectivity index (χ1) is 6.08. The molecular formula is C9H17N3O. The van der Waals surface area contributed by atoms with Gasteiger partial charge in [0.2, 0.25) is 5.90 Å². The van der Waals surface area contributed by atoms with E-state index >= 15 is 0 Å². The second kappa shape index (κ2) is 2.96. The third-order valence-electron chi connectivity index (χ3n) is 2.68. The predicted octanol–water partition coefficient (Wildman–Crippen LogP) is 0.783. The van der Waals surface area contributed by atoms with E-state index in [2.05, 4.69) is 10.5 Å². The summed E-state index contributed by atoms with van der Waals surface area (Å²) in [6.07, 6.45) is 3.60. The van der Waals surface area contributed by atoms with Crippen LogP contribution in [0.2, 0.25) is 0 Å². The van der Waals surface area contributed by atoms with E-state index in [1.165, 1.54) is 12.8 Å². The fourth-order valence-electron chi connectivity index (χ4n) is 1.71. The Morgan fingerprint density at radius 3 is 2.85 bits per heavy atom. The Bertz CT molecular complexity index is 233. The molecular weight excluding hydrogens is 166 g/mol. The van der Waals surface area contributed by atoms with Crippen molar-refractivity contribution >= 4 is 5.90 Å². The molecule has 1 heterocycles. The van der Waals surface area contributed by atoms with Crippen LogP contribution in [0, 0.1) is 5.92 Å². The van der Waals surface area contributed by atoms with Crippen molar-refractivity contribution in [3.63, 3.8) is 0 Å². The maximum Gasteiger partial charge on any atom is 0.207 e. The molecule has 0 aromatic carbocycles. The normalized spacial score (nSPS) is 32.2. The van der Waals surface area contributed by atoms with Crippen LogP contribution in [0.4, 0.5) is 0 Å². The Labute approximate surface area is 78.5 Å². The molecule has 1 saturated carbocycles. The molecule has 1 aliphatic heterocycles. The SMILES string of the molecule is CC1=NC([C@](C)(N)CC2CC2)NO1. The molecule has 0 bridgehead atoms. The van der Waals surface area contributed by atoms with E-state index < -0.39 is 0 Å². The summed E-state index contributed by atoms with van der Waals surface area (Å²) in [5.41, 5.74) is 8.75. The number of nitrogens with zero attached hydrogens (tertiary/aromatic N) is 1. The molecule has 2 aliphatic rings. The summed E-state index contributed by atoms with van der Waals surface area (Å²) in [4.78, 5) is 9.37. The lowest BCUT2D eigenvalue weighted by Crippen LogP contribution is -2.52. The molecule has 0 spiro atoms. The third-order valence-corrected chi connectivity index (χ3v) is 2.68. The van der Waals surface area contributed by atoms with E-state index in [-0.39, 0.29) is 11.7 Å². The van der Waals surface area contributed by atoms with Crippen molar-refractivity contribution in [3.8, 4) is 0 Å². The standard InChI is InChI=1S/C9H17N3O/c1-6-11-8(12-13-6)9(2,10)5-7-3-4-7/h7-8,12H,3-5,10H2,1-2H3/t8?,9-/m1/s1. The Kier molecular flexibility index (Phi) is 2.04. The minimum atomic E-state index is -0.279. The summed E-state index contributed by atoms with van der Waals surface area (Å²) in [6.45, 7) is 3.87. The van der Waals surface area contributed by atoms with Crippen molar-refractivity contribution in [2.75, 3.05) is 0 Å². The number of aliphatic imine (C=N–C) groups is 1. The van der Waals surface area contributed by atoms with Crippen LogP contribution in [0.5, 0.6) is 0 Å². The molecule has 0 aromatic rings. The Morgan fingerprint density at radius 1 is 1.69 bits per heavy atom. The molecule has 74 valence electrons. The Morgan fingerprint density at radius 2 is 2.38 bits per heavy atom. The van der Waals surface area contributed by atoms with Crippen molar-refractivity contribution < 1.29 is 4.84 Å². The lowest BCUT2D eigenvalue weighted by molar-refractivity contribution is 0.135. The van der Waals surface area contributed by atoms with E-state index in [1.54, 1.807) is 0 Å². The van der Waals surface area contributed by atoms with E-state index in [4.69, 9.17) is 10.6 Å². The van der Waals surface area contributed by atoms with Crippen LogP contribution in [-0.2, 0) is 4.84 Å². The molecule has 2 atom stereocenters. The van der Waals surface area contributed by atoms with Gasteiger partial charge in [0.1, 0.15) is 0 Å². The van der Waals surface area contributed by atoms with Gasteiger partial charge in [-0.1, -0.05) is 12.8 Å². The zero-order chi connectivity index (χ0) is 9.47. The first-order valence-corrected chi connectivity index (χ1v) is 4.83. The van der Waals surface area contributed by atoms with Gasteiger partial charge in [0.25, 0.3) is 0 Å². The smallest absolute Gasteiger partial charge is 0.207 e. The van der Waals surface area contributed by atoms with Gasteiger partial charge in [-0.3, -0.25) is 0 Å². The van der Waals surface area contributed by atoms with Crippen LogP contribution < -0.4 is 11.2 Å². The van der Waals surface area contributed by atoms with E-state index in [0.717, 1.165) is 12.3 Å². The molecule has 0 aromatic heterocycles. The van der Waals surface area contributed by atoms with Gasteiger partial charge < -0.3 is 10.6 Å². The Hall–Kier alpha value is -0.610. The van der Waals surface area contributed by atoms with Gasteiger partial charge in [-0.15, -0.1) is 5.48 Å². The summed E-state index contributed by atoms with van der Waals surface area (Å²) in [5.74, 6) is 1.49. The van der Waals surface area contributed by atoms with Crippen LogP contribution in [0.15, 0.2) is 4.99 Å². The zero-order valence-electron chi connectivity index (χ0n) is 8.21. The second-order valence-electron chi connectivity index (χ2n) is 4.42. The molecule has 4 nitrogen and oxygen atoms in total. The van der Waals surface area contributed by atoms with E-state index in [0.29, 0.717) is 5.90 Å². The largest absolute Gasteiger partial charge is 0.392 e. The molecule has 0 radical (unpaired) electrons. The minimum absolute atomic E-state index is 0.0758. The van der Waals surface area contributed by atoms with Crippen LogP contribution in [-0.4, -0.2) is 17.6 Å². The molecule has 3 N–H and O–H groups in total. The third kappa shape index (κ3) is 2.00. The molecule has 0 amide bonds. The first-order valence-electron chi connectivity index (χ1n) is 4.83. The topological polar surface area (TPSA) is 59.6 Å². The highest BCUT2D eigenvalue weighted by molar-refractivity contribution is 5.74. The summed E-state index contributed by atoms with van der Waals surface area (Å²) in [6, 6.07) is 0. The highest BCUT2D eigenvalue weighted by Crippen LogP contribution is 2.37. The predicted molar refractivity (Wildman–Crippen MR) is 51.1 cm³/mol. The molecule has 1 unspecified atom stereocenters. The molecule has 1 fully saturated rings. The van der Waals surface area contributed by atoms with Crippen LogP contribution in [0.1, 0.15) is 33.1 Å². The van der Waals surface area contributed by atoms with Crippen molar-refractivity contribution in [3.05, 3.63) is 0 Å². The summed E-state index contributed by atoms with van der Waals surface area (Å²) in [7, 11) is 0. The van der Waals surface area contributed by atoms with Crippen molar-refractivity contribution in [1.29, 1.82) is 0 Å². The minimum Gasteiger partial charge on any atom is -0.392 e. The van der Waals surface area contributed by atoms with E-state index in [9.17, 15) is 0 Å². The average Bonchev–Trinajstić information content (AvgIpc) is 2.70. The van der Waals surface area contributed by atoms with Gasteiger partial charge in [0.05, 0.1) is 5.54 Å². The summed E-state index contributed by atoms with van der Waals surface area (Å²) < 4.78 is 0. The van der Waals surface area contributed by atoms with Gasteiger partial charge in [0, 0.05) is 6.92 Å². The van der Waals surface area contributed by atoms with Gasteiger partial charge in [-0.2, -0.15) is 0 Å². The molecule has 13 heavy (non-hydrogen) atoms. The van der Waals surface area contributed by atoms with Crippen molar-refractivity contribution in [1.82, 2.24) is 5.48 Å². The van der Waals surface area contributed by atoms with Crippen LogP contribution in [0.25, 0.3) is 0 Å². The lowest BCUT2D eigenvalue weighted by Gasteiger charge is -2.28. The highest BCUT2D eigenvalue weighted by Gasteiger charge is 2.38. The van der Waals surface area contributed by atoms with E-state index in [1.807, 2.05) is 13.8 Å². The number of nitrogens with two attached hydrogens (primary N) is 1. The van der Waals surface area contributed by atoms with Crippen LogP contribution >= 0.6 is 0 Å². The molecule has 4 heteroatoms. The number of hydrogen-bond donors (Lipinski definition) is 2.